The maximum Gasteiger partial charge on any atom is 0.180 e. The van der Waals surface area contributed by atoms with E-state index >= 15 is 0 Å². The minimum Gasteiger partial charge on any atom is -0.366 e. The molecule has 1 N–H and O–H groups in total. The first-order valence-corrected chi connectivity index (χ1v) is 6.84. The average molecular weight is 285 g/mol. The predicted molar refractivity (Wildman–Crippen MR) is 80.7 cm³/mol. The van der Waals surface area contributed by atoms with E-state index in [0.717, 1.165) is 16.9 Å². The van der Waals surface area contributed by atoms with Gasteiger partial charge in [-0.3, -0.25) is 4.98 Å². The lowest BCUT2D eigenvalue weighted by Gasteiger charge is -2.06. The molecular formula is C15H13ClN4. The first-order valence-electron chi connectivity index (χ1n) is 6.30. The summed E-state index contributed by atoms with van der Waals surface area (Å²) in [5.41, 5.74) is 3.74. The van der Waals surface area contributed by atoms with Crippen molar-refractivity contribution in [2.24, 2.45) is 0 Å². The summed E-state index contributed by atoms with van der Waals surface area (Å²) in [6.07, 6.45) is 3.31. The SMILES string of the molecule is ClCc1ccc(CNc2ccc3nccnc3n2)cc1. The van der Waals surface area contributed by atoms with Gasteiger partial charge in [0.15, 0.2) is 5.65 Å². The van der Waals surface area contributed by atoms with Gasteiger partial charge in [0.05, 0.1) is 0 Å². The zero-order chi connectivity index (χ0) is 13.8. The van der Waals surface area contributed by atoms with Crippen LogP contribution in [0.15, 0.2) is 48.8 Å². The fourth-order valence-electron chi connectivity index (χ4n) is 1.89. The van der Waals surface area contributed by atoms with Gasteiger partial charge in [-0.15, -0.1) is 11.6 Å². The van der Waals surface area contributed by atoms with Gasteiger partial charge in [-0.1, -0.05) is 24.3 Å². The van der Waals surface area contributed by atoms with Gasteiger partial charge < -0.3 is 5.32 Å². The highest BCUT2D eigenvalue weighted by atomic mass is 35.5. The van der Waals surface area contributed by atoms with E-state index in [9.17, 15) is 0 Å². The summed E-state index contributed by atoms with van der Waals surface area (Å²) in [4.78, 5) is 12.8. The standard InChI is InChI=1S/C15H13ClN4/c16-9-11-1-3-12(4-2-11)10-19-14-6-5-13-15(20-14)18-8-7-17-13/h1-8H,9-10H2,(H,18,19,20). The summed E-state index contributed by atoms with van der Waals surface area (Å²) in [6, 6.07) is 12.0. The van der Waals surface area contributed by atoms with Crippen molar-refractivity contribution >= 4 is 28.6 Å². The second kappa shape index (κ2) is 5.84. The molecule has 1 aromatic carbocycles. The van der Waals surface area contributed by atoms with E-state index in [-0.39, 0.29) is 0 Å². The van der Waals surface area contributed by atoms with Gasteiger partial charge in [0.25, 0.3) is 0 Å². The van der Waals surface area contributed by atoms with Crippen molar-refractivity contribution in [3.8, 4) is 0 Å². The molecule has 2 aromatic heterocycles. The Morgan fingerprint density at radius 2 is 1.65 bits per heavy atom. The van der Waals surface area contributed by atoms with Crippen LogP contribution in [0.25, 0.3) is 11.2 Å². The Morgan fingerprint density at radius 3 is 2.45 bits per heavy atom. The number of rotatable bonds is 4. The van der Waals surface area contributed by atoms with E-state index in [2.05, 4.69) is 32.4 Å². The Labute approximate surface area is 121 Å². The third-order valence-corrected chi connectivity index (χ3v) is 3.29. The lowest BCUT2D eigenvalue weighted by Crippen LogP contribution is -2.02. The van der Waals surface area contributed by atoms with E-state index < -0.39 is 0 Å². The van der Waals surface area contributed by atoms with Crippen molar-refractivity contribution in [1.29, 1.82) is 0 Å². The minimum atomic E-state index is 0.540. The molecule has 0 fully saturated rings. The van der Waals surface area contributed by atoms with E-state index in [4.69, 9.17) is 11.6 Å². The fourth-order valence-corrected chi connectivity index (χ4v) is 2.07. The molecule has 0 aliphatic heterocycles. The number of aromatic nitrogens is 3. The van der Waals surface area contributed by atoms with Crippen molar-refractivity contribution in [1.82, 2.24) is 15.0 Å². The number of nitrogens with one attached hydrogen (secondary N) is 1. The molecule has 0 unspecified atom stereocenters. The normalized spacial score (nSPS) is 10.7. The summed E-state index contributed by atoms with van der Waals surface area (Å²) >= 11 is 5.77. The second-order valence-electron chi connectivity index (χ2n) is 4.40. The Morgan fingerprint density at radius 1 is 0.900 bits per heavy atom. The highest BCUT2D eigenvalue weighted by molar-refractivity contribution is 6.17. The summed E-state index contributed by atoms with van der Waals surface area (Å²) in [7, 11) is 0. The molecule has 20 heavy (non-hydrogen) atoms. The molecule has 0 amide bonds. The van der Waals surface area contributed by atoms with Crippen molar-refractivity contribution in [3.63, 3.8) is 0 Å². The molecule has 0 bridgehead atoms. The first kappa shape index (κ1) is 12.8. The number of benzene rings is 1. The third kappa shape index (κ3) is 2.86. The smallest absolute Gasteiger partial charge is 0.180 e. The number of fused-ring (bicyclic) bond motifs is 1. The lowest BCUT2D eigenvalue weighted by molar-refractivity contribution is 1.11. The highest BCUT2D eigenvalue weighted by Crippen LogP contribution is 2.12. The number of anilines is 1. The van der Waals surface area contributed by atoms with Gasteiger partial charge in [0.1, 0.15) is 11.3 Å². The number of halogens is 1. The molecule has 0 radical (unpaired) electrons. The monoisotopic (exact) mass is 284 g/mol. The van der Waals surface area contributed by atoms with Crippen molar-refractivity contribution in [2.75, 3.05) is 5.32 Å². The summed E-state index contributed by atoms with van der Waals surface area (Å²) in [6.45, 7) is 0.710. The van der Waals surface area contributed by atoms with Gasteiger partial charge in [-0.05, 0) is 23.3 Å². The fraction of sp³-hybridized carbons (Fsp3) is 0.133. The lowest BCUT2D eigenvalue weighted by atomic mass is 10.1. The van der Waals surface area contributed by atoms with Crippen LogP contribution < -0.4 is 5.32 Å². The number of nitrogens with zero attached hydrogens (tertiary/aromatic N) is 3. The molecular weight excluding hydrogens is 272 g/mol. The van der Waals surface area contributed by atoms with Crippen LogP contribution in [0.2, 0.25) is 0 Å². The summed E-state index contributed by atoms with van der Waals surface area (Å²) in [5, 5.41) is 3.28. The van der Waals surface area contributed by atoms with E-state index in [1.165, 1.54) is 5.56 Å². The van der Waals surface area contributed by atoms with Gasteiger partial charge in [0, 0.05) is 24.8 Å². The van der Waals surface area contributed by atoms with Gasteiger partial charge in [-0.25, -0.2) is 9.97 Å². The van der Waals surface area contributed by atoms with Gasteiger partial charge in [0.2, 0.25) is 0 Å². The van der Waals surface area contributed by atoms with Crippen LogP contribution in [0, 0.1) is 0 Å². The average Bonchev–Trinajstić information content (AvgIpc) is 2.53. The zero-order valence-electron chi connectivity index (χ0n) is 10.8. The molecule has 2 heterocycles. The molecule has 3 aromatic rings. The van der Waals surface area contributed by atoms with Crippen molar-refractivity contribution in [2.45, 2.75) is 12.4 Å². The molecule has 3 rings (SSSR count). The van der Waals surface area contributed by atoms with Crippen LogP contribution in [0.4, 0.5) is 5.82 Å². The number of hydrogen-bond acceptors (Lipinski definition) is 4. The topological polar surface area (TPSA) is 50.7 Å². The molecule has 5 heteroatoms. The van der Waals surface area contributed by atoms with Crippen LogP contribution >= 0.6 is 11.6 Å². The van der Waals surface area contributed by atoms with Crippen LogP contribution in [-0.2, 0) is 12.4 Å². The number of alkyl halides is 1. The number of pyridine rings is 1. The van der Waals surface area contributed by atoms with Crippen molar-refractivity contribution < 1.29 is 0 Å². The van der Waals surface area contributed by atoms with Gasteiger partial charge in [-0.2, -0.15) is 0 Å². The molecule has 0 spiro atoms. The van der Waals surface area contributed by atoms with Crippen molar-refractivity contribution in [3.05, 3.63) is 59.9 Å². The Bertz CT molecular complexity index is 712. The third-order valence-electron chi connectivity index (χ3n) is 2.98. The van der Waals surface area contributed by atoms with Crippen LogP contribution in [0.3, 0.4) is 0 Å². The molecule has 0 aliphatic carbocycles. The predicted octanol–water partition coefficient (Wildman–Crippen LogP) is 3.38. The van der Waals surface area contributed by atoms with E-state index in [1.54, 1.807) is 12.4 Å². The van der Waals surface area contributed by atoms with Crippen LogP contribution in [-0.4, -0.2) is 15.0 Å². The molecule has 4 nitrogen and oxygen atoms in total. The highest BCUT2D eigenvalue weighted by Gasteiger charge is 2.00. The largest absolute Gasteiger partial charge is 0.366 e. The van der Waals surface area contributed by atoms with Gasteiger partial charge >= 0.3 is 0 Å². The first-order chi connectivity index (χ1) is 9.85. The molecule has 0 saturated heterocycles. The summed E-state index contributed by atoms with van der Waals surface area (Å²) < 4.78 is 0. The Balaban J connectivity index is 1.72. The minimum absolute atomic E-state index is 0.540. The van der Waals surface area contributed by atoms with Crippen LogP contribution in [0.1, 0.15) is 11.1 Å². The Kier molecular flexibility index (Phi) is 3.74. The molecule has 0 aliphatic rings. The van der Waals surface area contributed by atoms with E-state index in [0.29, 0.717) is 18.1 Å². The molecule has 0 saturated carbocycles. The second-order valence-corrected chi connectivity index (χ2v) is 4.67. The molecule has 100 valence electrons. The maximum absolute atomic E-state index is 5.77. The summed E-state index contributed by atoms with van der Waals surface area (Å²) in [5.74, 6) is 1.33. The molecule has 0 atom stereocenters. The van der Waals surface area contributed by atoms with E-state index in [1.807, 2.05) is 24.3 Å². The zero-order valence-corrected chi connectivity index (χ0v) is 11.5. The quantitative estimate of drug-likeness (QED) is 0.746. The Hall–Kier alpha value is -2.20. The maximum atomic E-state index is 5.77. The number of hydrogen-bond donors (Lipinski definition) is 1. The van der Waals surface area contributed by atoms with Crippen LogP contribution in [0.5, 0.6) is 0 Å².